The molecule has 0 amide bonds. The molecule has 0 aromatic heterocycles. The molecule has 0 unspecified atom stereocenters. The number of rotatable bonds is 0. The van der Waals surface area contributed by atoms with E-state index in [9.17, 15) is 0 Å². The molecule has 0 saturated carbocycles. The molecule has 1 nitrogen and oxygen atoms in total. The Labute approximate surface area is 66.0 Å². The molecule has 2 aliphatic rings. The molecule has 3 atom stereocenters. The van der Waals surface area contributed by atoms with Crippen molar-refractivity contribution >= 4 is 0 Å². The first kappa shape index (κ1) is 5.78. The van der Waals surface area contributed by atoms with Gasteiger partial charge in [0.1, 0.15) is 6.10 Å². The van der Waals surface area contributed by atoms with Crippen LogP contribution in [-0.4, -0.2) is 6.10 Å². The lowest BCUT2D eigenvalue weighted by molar-refractivity contribution is 0.341. The van der Waals surface area contributed by atoms with Crippen LogP contribution in [0.2, 0.25) is 0 Å². The second-order valence-electron chi connectivity index (χ2n) is 3.44. The highest BCUT2D eigenvalue weighted by atomic mass is 16.6. The van der Waals surface area contributed by atoms with Crippen molar-refractivity contribution in [2.75, 3.05) is 0 Å². The molecule has 56 valence electrons. The standard InChI is InChI=1S/C10H10O/c1-6-7-4-2-3-5-8(7)10-9(6)11-10/h2-6,9-10H,1H3/t6-,9-,10-/m1/s1. The zero-order valence-corrected chi connectivity index (χ0v) is 6.45. The first-order valence-corrected chi connectivity index (χ1v) is 4.12. The van der Waals surface area contributed by atoms with Gasteiger partial charge in [0.2, 0.25) is 0 Å². The molecule has 0 bridgehead atoms. The Hall–Kier alpha value is -0.820. The highest BCUT2D eigenvalue weighted by molar-refractivity contribution is 5.42. The van der Waals surface area contributed by atoms with Crippen LogP contribution in [0, 0.1) is 0 Å². The smallest absolute Gasteiger partial charge is 0.110 e. The molecule has 1 saturated heterocycles. The lowest BCUT2D eigenvalue weighted by Crippen LogP contribution is -1.95. The van der Waals surface area contributed by atoms with E-state index in [0.717, 1.165) is 0 Å². The van der Waals surface area contributed by atoms with Crippen molar-refractivity contribution in [1.82, 2.24) is 0 Å². The van der Waals surface area contributed by atoms with Gasteiger partial charge in [-0.15, -0.1) is 0 Å². The molecule has 11 heavy (non-hydrogen) atoms. The number of benzene rings is 1. The largest absolute Gasteiger partial charge is 0.364 e. The Bertz CT molecular complexity index is 290. The molecule has 1 aliphatic carbocycles. The summed E-state index contributed by atoms with van der Waals surface area (Å²) in [5.74, 6) is 0.621. The average molecular weight is 146 g/mol. The van der Waals surface area contributed by atoms with Crippen molar-refractivity contribution in [2.24, 2.45) is 0 Å². The fraction of sp³-hybridized carbons (Fsp3) is 0.400. The van der Waals surface area contributed by atoms with Crippen LogP contribution in [0.15, 0.2) is 24.3 Å². The van der Waals surface area contributed by atoms with E-state index in [0.29, 0.717) is 18.1 Å². The van der Waals surface area contributed by atoms with Crippen molar-refractivity contribution in [3.05, 3.63) is 35.4 Å². The van der Waals surface area contributed by atoms with E-state index in [1.807, 2.05) is 0 Å². The molecule has 1 heteroatoms. The van der Waals surface area contributed by atoms with Crippen molar-refractivity contribution in [2.45, 2.75) is 25.0 Å². The summed E-state index contributed by atoms with van der Waals surface area (Å²) in [5.41, 5.74) is 2.92. The molecule has 1 aliphatic heterocycles. The summed E-state index contributed by atoms with van der Waals surface area (Å²) in [4.78, 5) is 0. The van der Waals surface area contributed by atoms with Crippen LogP contribution in [-0.2, 0) is 4.74 Å². The zero-order valence-electron chi connectivity index (χ0n) is 6.45. The summed E-state index contributed by atoms with van der Waals surface area (Å²) in [7, 11) is 0. The van der Waals surface area contributed by atoms with E-state index in [4.69, 9.17) is 4.74 Å². The zero-order chi connectivity index (χ0) is 7.42. The minimum Gasteiger partial charge on any atom is -0.364 e. The van der Waals surface area contributed by atoms with Crippen LogP contribution < -0.4 is 0 Å². The van der Waals surface area contributed by atoms with Crippen LogP contribution >= 0.6 is 0 Å². The average Bonchev–Trinajstić information content (AvgIpc) is 2.78. The van der Waals surface area contributed by atoms with Gasteiger partial charge in [-0.2, -0.15) is 0 Å². The van der Waals surface area contributed by atoms with Gasteiger partial charge >= 0.3 is 0 Å². The van der Waals surface area contributed by atoms with E-state index >= 15 is 0 Å². The third kappa shape index (κ3) is 0.596. The molecule has 0 N–H and O–H groups in total. The molecular formula is C10H10O. The van der Waals surface area contributed by atoms with Crippen LogP contribution in [0.4, 0.5) is 0 Å². The van der Waals surface area contributed by atoms with E-state index in [2.05, 4.69) is 31.2 Å². The maximum atomic E-state index is 5.49. The van der Waals surface area contributed by atoms with Crippen molar-refractivity contribution < 1.29 is 4.74 Å². The van der Waals surface area contributed by atoms with Gasteiger partial charge in [-0.05, 0) is 11.1 Å². The highest BCUT2D eigenvalue weighted by Gasteiger charge is 2.51. The lowest BCUT2D eigenvalue weighted by atomic mass is 10.0. The van der Waals surface area contributed by atoms with Gasteiger partial charge in [0.15, 0.2) is 0 Å². The van der Waals surface area contributed by atoms with Crippen molar-refractivity contribution in [3.63, 3.8) is 0 Å². The van der Waals surface area contributed by atoms with E-state index in [1.165, 1.54) is 11.1 Å². The summed E-state index contributed by atoms with van der Waals surface area (Å²) >= 11 is 0. The Morgan fingerprint density at radius 1 is 1.18 bits per heavy atom. The number of ether oxygens (including phenoxy) is 1. The maximum Gasteiger partial charge on any atom is 0.110 e. The Morgan fingerprint density at radius 2 is 1.91 bits per heavy atom. The maximum absolute atomic E-state index is 5.49. The Morgan fingerprint density at radius 3 is 2.64 bits per heavy atom. The molecule has 1 heterocycles. The first-order chi connectivity index (χ1) is 5.38. The third-order valence-corrected chi connectivity index (χ3v) is 2.81. The number of epoxide rings is 1. The van der Waals surface area contributed by atoms with E-state index < -0.39 is 0 Å². The Kier molecular flexibility index (Phi) is 0.878. The van der Waals surface area contributed by atoms with Gasteiger partial charge < -0.3 is 4.74 Å². The third-order valence-electron chi connectivity index (χ3n) is 2.81. The fourth-order valence-electron chi connectivity index (χ4n) is 2.12. The normalized spacial score (nSPS) is 38.1. The van der Waals surface area contributed by atoms with Gasteiger partial charge in [-0.1, -0.05) is 31.2 Å². The Balaban J connectivity index is 2.22. The van der Waals surface area contributed by atoms with Gasteiger partial charge in [-0.25, -0.2) is 0 Å². The summed E-state index contributed by atoms with van der Waals surface area (Å²) in [6.07, 6.45) is 0.952. The predicted molar refractivity (Wildman–Crippen MR) is 42.5 cm³/mol. The number of fused-ring (bicyclic) bond motifs is 3. The molecule has 1 fully saturated rings. The number of hydrogen-bond acceptors (Lipinski definition) is 1. The van der Waals surface area contributed by atoms with Gasteiger partial charge in [0, 0.05) is 5.92 Å². The number of hydrogen-bond donors (Lipinski definition) is 0. The second kappa shape index (κ2) is 1.67. The minimum atomic E-state index is 0.446. The van der Waals surface area contributed by atoms with Crippen LogP contribution in [0.1, 0.15) is 30.1 Å². The summed E-state index contributed by atoms with van der Waals surface area (Å²) in [6.45, 7) is 2.25. The summed E-state index contributed by atoms with van der Waals surface area (Å²) in [5, 5.41) is 0. The SMILES string of the molecule is C[C@@H]1c2ccccc2[C@H]2O[C@H]12. The van der Waals surface area contributed by atoms with Crippen molar-refractivity contribution in [1.29, 1.82) is 0 Å². The van der Waals surface area contributed by atoms with Gasteiger partial charge in [0.25, 0.3) is 0 Å². The molecular weight excluding hydrogens is 136 g/mol. The van der Waals surface area contributed by atoms with Crippen LogP contribution in [0.5, 0.6) is 0 Å². The van der Waals surface area contributed by atoms with Crippen LogP contribution in [0.3, 0.4) is 0 Å². The quantitative estimate of drug-likeness (QED) is 0.511. The monoisotopic (exact) mass is 146 g/mol. The summed E-state index contributed by atoms with van der Waals surface area (Å²) in [6, 6.07) is 8.61. The summed E-state index contributed by atoms with van der Waals surface area (Å²) < 4.78 is 5.49. The van der Waals surface area contributed by atoms with Crippen LogP contribution in [0.25, 0.3) is 0 Å². The molecule has 3 rings (SSSR count). The van der Waals surface area contributed by atoms with E-state index in [1.54, 1.807) is 0 Å². The first-order valence-electron chi connectivity index (χ1n) is 4.12. The molecule has 1 aromatic rings. The molecule has 0 radical (unpaired) electrons. The molecule has 0 spiro atoms. The van der Waals surface area contributed by atoms with E-state index in [-0.39, 0.29) is 0 Å². The highest BCUT2D eigenvalue weighted by Crippen LogP contribution is 2.55. The minimum absolute atomic E-state index is 0.446. The van der Waals surface area contributed by atoms with Gasteiger partial charge in [-0.3, -0.25) is 0 Å². The lowest BCUT2D eigenvalue weighted by Gasteiger charge is -2.06. The molecule has 1 aromatic carbocycles. The topological polar surface area (TPSA) is 12.5 Å². The fourth-order valence-corrected chi connectivity index (χ4v) is 2.12. The predicted octanol–water partition coefficient (Wildman–Crippen LogP) is 2.24. The van der Waals surface area contributed by atoms with Gasteiger partial charge in [0.05, 0.1) is 6.10 Å². The van der Waals surface area contributed by atoms with Crippen molar-refractivity contribution in [3.8, 4) is 0 Å². The second-order valence-corrected chi connectivity index (χ2v) is 3.44.